The zero-order valence-corrected chi connectivity index (χ0v) is 14.7. The highest BCUT2D eigenvalue weighted by Crippen LogP contribution is 2.28. The van der Waals surface area contributed by atoms with Gasteiger partial charge in [-0.25, -0.2) is 0 Å². The summed E-state index contributed by atoms with van der Waals surface area (Å²) in [6.07, 6.45) is 2.48. The first-order chi connectivity index (χ1) is 11.7. The first-order valence-electron chi connectivity index (χ1n) is 8.53. The summed E-state index contributed by atoms with van der Waals surface area (Å²) in [7, 11) is 0. The van der Waals surface area contributed by atoms with Gasteiger partial charge in [0.1, 0.15) is 12.4 Å². The second kappa shape index (κ2) is 8.36. The summed E-state index contributed by atoms with van der Waals surface area (Å²) in [5.74, 6) is 1.55. The molecule has 0 bridgehead atoms. The summed E-state index contributed by atoms with van der Waals surface area (Å²) < 4.78 is 5.53. The fraction of sp³-hybridized carbons (Fsp3) is 0.333. The third kappa shape index (κ3) is 4.86. The number of benzene rings is 2. The molecule has 2 aromatic carbocycles. The molecule has 3 rings (SSSR count). The van der Waals surface area contributed by atoms with Crippen LogP contribution in [-0.4, -0.2) is 24.6 Å². The van der Waals surface area contributed by atoms with Crippen LogP contribution in [0.1, 0.15) is 29.9 Å². The minimum absolute atomic E-state index is 0.355. The van der Waals surface area contributed by atoms with Crippen LogP contribution in [0.25, 0.3) is 0 Å². The van der Waals surface area contributed by atoms with E-state index in [-0.39, 0.29) is 0 Å². The van der Waals surface area contributed by atoms with E-state index in [1.54, 1.807) is 0 Å². The molecule has 1 fully saturated rings. The summed E-state index contributed by atoms with van der Waals surface area (Å²) in [4.78, 5) is 2.54. The van der Waals surface area contributed by atoms with Gasteiger partial charge in [-0.3, -0.25) is 4.90 Å². The van der Waals surface area contributed by atoms with Crippen LogP contribution in [0.5, 0.6) is 5.75 Å². The van der Waals surface area contributed by atoms with Gasteiger partial charge in [-0.2, -0.15) is 0 Å². The Balaban J connectivity index is 1.48. The highest BCUT2D eigenvalue weighted by molar-refractivity contribution is 6.29. The van der Waals surface area contributed by atoms with Gasteiger partial charge in [-0.05, 0) is 55.1 Å². The number of piperidine rings is 1. The predicted molar refractivity (Wildman–Crippen MR) is 101 cm³/mol. The Bertz CT molecular complexity index is 645. The summed E-state index contributed by atoms with van der Waals surface area (Å²) >= 11 is 5.72. The van der Waals surface area contributed by atoms with Gasteiger partial charge in [-0.15, -0.1) is 0 Å². The van der Waals surface area contributed by atoms with Crippen molar-refractivity contribution in [3.8, 4) is 5.75 Å². The van der Waals surface area contributed by atoms with Crippen molar-refractivity contribution in [3.63, 3.8) is 0 Å². The summed E-state index contributed by atoms with van der Waals surface area (Å²) in [5.41, 5.74) is 2.81. The molecule has 1 aliphatic heterocycles. The topological polar surface area (TPSA) is 12.5 Å². The van der Waals surface area contributed by atoms with Crippen molar-refractivity contribution < 1.29 is 4.74 Å². The average Bonchev–Trinajstić information content (AvgIpc) is 2.62. The number of ether oxygens (including phenoxy) is 1. The fourth-order valence-corrected chi connectivity index (χ4v) is 3.32. The average molecular weight is 342 g/mol. The molecule has 2 aromatic rings. The number of halogens is 1. The molecule has 1 aliphatic rings. The van der Waals surface area contributed by atoms with E-state index >= 15 is 0 Å². The largest absolute Gasteiger partial charge is 0.488 e. The third-order valence-corrected chi connectivity index (χ3v) is 4.69. The minimum Gasteiger partial charge on any atom is -0.488 e. The number of nitrogens with zero attached hydrogens (tertiary/aromatic N) is 1. The monoisotopic (exact) mass is 341 g/mol. The summed E-state index contributed by atoms with van der Waals surface area (Å²) in [6.45, 7) is 7.30. The molecule has 0 N–H and O–H groups in total. The van der Waals surface area contributed by atoms with E-state index in [2.05, 4.69) is 53.9 Å². The Morgan fingerprint density at radius 3 is 2.33 bits per heavy atom. The zero-order chi connectivity index (χ0) is 16.8. The van der Waals surface area contributed by atoms with Crippen LogP contribution in [0, 0.1) is 0 Å². The molecule has 24 heavy (non-hydrogen) atoms. The van der Waals surface area contributed by atoms with Gasteiger partial charge < -0.3 is 4.74 Å². The Morgan fingerprint density at radius 2 is 1.71 bits per heavy atom. The summed E-state index contributed by atoms with van der Waals surface area (Å²) in [5, 5.41) is 0.514. The van der Waals surface area contributed by atoms with E-state index in [0.717, 1.165) is 25.4 Å². The molecule has 0 radical (unpaired) electrons. The van der Waals surface area contributed by atoms with Crippen LogP contribution >= 0.6 is 11.6 Å². The molecule has 0 unspecified atom stereocenters. The zero-order valence-electron chi connectivity index (χ0n) is 14.0. The van der Waals surface area contributed by atoms with E-state index in [1.165, 1.54) is 24.0 Å². The van der Waals surface area contributed by atoms with Crippen LogP contribution in [0.15, 0.2) is 66.2 Å². The molecule has 1 saturated heterocycles. The van der Waals surface area contributed by atoms with Crippen molar-refractivity contribution in [2.75, 3.05) is 19.7 Å². The molecule has 0 atom stereocenters. The van der Waals surface area contributed by atoms with Crippen molar-refractivity contribution in [1.29, 1.82) is 0 Å². The molecule has 2 nitrogen and oxygen atoms in total. The standard InChI is InChI=1S/C21H24ClNO/c1-17(22)16-24-21-9-7-18(8-10-21)15-23-13-11-20(12-14-23)19-5-3-2-4-6-19/h2-10,20H,1,11-16H2. The van der Waals surface area contributed by atoms with Crippen molar-refractivity contribution in [3.05, 3.63) is 77.3 Å². The van der Waals surface area contributed by atoms with Crippen molar-refractivity contribution >= 4 is 11.6 Å². The Kier molecular flexibility index (Phi) is 5.95. The molecule has 0 saturated carbocycles. The number of rotatable bonds is 6. The molecule has 0 spiro atoms. The lowest BCUT2D eigenvalue weighted by molar-refractivity contribution is 0.204. The number of hydrogen-bond acceptors (Lipinski definition) is 2. The molecular formula is C21H24ClNO. The van der Waals surface area contributed by atoms with E-state index in [9.17, 15) is 0 Å². The first-order valence-corrected chi connectivity index (χ1v) is 8.91. The summed E-state index contributed by atoms with van der Waals surface area (Å²) in [6, 6.07) is 19.2. The molecule has 0 aromatic heterocycles. The second-order valence-electron chi connectivity index (χ2n) is 6.41. The lowest BCUT2D eigenvalue weighted by Crippen LogP contribution is -2.32. The highest BCUT2D eigenvalue weighted by atomic mass is 35.5. The van der Waals surface area contributed by atoms with Gasteiger partial charge in [0, 0.05) is 11.6 Å². The Labute approximate surface area is 149 Å². The molecule has 126 valence electrons. The van der Waals surface area contributed by atoms with E-state index in [1.807, 2.05) is 12.1 Å². The maximum atomic E-state index is 5.72. The van der Waals surface area contributed by atoms with Crippen molar-refractivity contribution in [2.45, 2.75) is 25.3 Å². The fourth-order valence-electron chi connectivity index (χ4n) is 3.26. The molecule has 0 aliphatic carbocycles. The molecular weight excluding hydrogens is 318 g/mol. The molecule has 0 amide bonds. The maximum absolute atomic E-state index is 5.72. The van der Waals surface area contributed by atoms with Gasteiger partial charge in [0.25, 0.3) is 0 Å². The van der Waals surface area contributed by atoms with Crippen LogP contribution in [0.3, 0.4) is 0 Å². The smallest absolute Gasteiger partial charge is 0.123 e. The first kappa shape index (κ1) is 17.1. The van der Waals surface area contributed by atoms with Gasteiger partial charge in [-0.1, -0.05) is 60.6 Å². The lowest BCUT2D eigenvalue weighted by atomic mass is 9.89. The minimum atomic E-state index is 0.355. The number of hydrogen-bond donors (Lipinski definition) is 0. The van der Waals surface area contributed by atoms with E-state index in [0.29, 0.717) is 17.6 Å². The predicted octanol–water partition coefficient (Wildman–Crippen LogP) is 5.20. The number of likely N-dealkylation sites (tertiary alicyclic amines) is 1. The maximum Gasteiger partial charge on any atom is 0.123 e. The Morgan fingerprint density at radius 1 is 1.04 bits per heavy atom. The normalized spacial score (nSPS) is 16.0. The second-order valence-corrected chi connectivity index (χ2v) is 6.95. The molecule has 3 heteroatoms. The van der Waals surface area contributed by atoms with Crippen LogP contribution in [-0.2, 0) is 6.54 Å². The third-order valence-electron chi connectivity index (χ3n) is 4.58. The van der Waals surface area contributed by atoms with Gasteiger partial charge in [0.05, 0.1) is 0 Å². The quantitative estimate of drug-likeness (QED) is 0.716. The van der Waals surface area contributed by atoms with Gasteiger partial charge >= 0.3 is 0 Å². The van der Waals surface area contributed by atoms with Gasteiger partial charge in [0.2, 0.25) is 0 Å². The molecule has 1 heterocycles. The van der Waals surface area contributed by atoms with E-state index in [4.69, 9.17) is 16.3 Å². The SMILES string of the molecule is C=C(Cl)COc1ccc(CN2CCC(c3ccccc3)CC2)cc1. The Hall–Kier alpha value is -1.77. The highest BCUT2D eigenvalue weighted by Gasteiger charge is 2.20. The lowest BCUT2D eigenvalue weighted by Gasteiger charge is -2.32. The van der Waals surface area contributed by atoms with Crippen molar-refractivity contribution in [1.82, 2.24) is 4.90 Å². The van der Waals surface area contributed by atoms with Crippen molar-refractivity contribution in [2.24, 2.45) is 0 Å². The van der Waals surface area contributed by atoms with Crippen LogP contribution in [0.4, 0.5) is 0 Å². The van der Waals surface area contributed by atoms with Crippen LogP contribution in [0.2, 0.25) is 0 Å². The van der Waals surface area contributed by atoms with Crippen LogP contribution < -0.4 is 4.74 Å². The van der Waals surface area contributed by atoms with E-state index < -0.39 is 0 Å². The van der Waals surface area contributed by atoms with Gasteiger partial charge in [0.15, 0.2) is 0 Å².